The van der Waals surface area contributed by atoms with E-state index >= 15 is 0 Å². The molecule has 0 aromatic heterocycles. The SMILES string of the molecule is COc1cccc(CC(=O)NCC2C3=C(CCCC3)c3cc(OC)c(OC)cc32)c1. The van der Waals surface area contributed by atoms with E-state index in [1.54, 1.807) is 21.3 Å². The minimum atomic E-state index is 0.0233. The number of hydrogen-bond donors (Lipinski definition) is 1. The van der Waals surface area contributed by atoms with Gasteiger partial charge in [0.1, 0.15) is 5.75 Å². The van der Waals surface area contributed by atoms with Gasteiger partial charge < -0.3 is 19.5 Å². The van der Waals surface area contributed by atoms with Crippen LogP contribution in [0.3, 0.4) is 0 Å². The Bertz CT molecular complexity index is 979. The van der Waals surface area contributed by atoms with E-state index < -0.39 is 0 Å². The smallest absolute Gasteiger partial charge is 0.224 e. The Morgan fingerprint density at radius 2 is 1.77 bits per heavy atom. The highest BCUT2D eigenvalue weighted by Gasteiger charge is 2.34. The molecule has 0 bridgehead atoms. The van der Waals surface area contributed by atoms with Crippen molar-refractivity contribution in [3.63, 3.8) is 0 Å². The van der Waals surface area contributed by atoms with Crippen molar-refractivity contribution in [3.05, 3.63) is 58.7 Å². The van der Waals surface area contributed by atoms with Crippen molar-refractivity contribution < 1.29 is 19.0 Å². The Labute approximate surface area is 178 Å². The fraction of sp³-hybridized carbons (Fsp3) is 0.400. The molecule has 2 aromatic rings. The van der Waals surface area contributed by atoms with Crippen LogP contribution in [0.2, 0.25) is 0 Å². The lowest BCUT2D eigenvalue weighted by Crippen LogP contribution is -2.30. The summed E-state index contributed by atoms with van der Waals surface area (Å²) in [5.74, 6) is 2.49. The van der Waals surface area contributed by atoms with Crippen LogP contribution >= 0.6 is 0 Å². The largest absolute Gasteiger partial charge is 0.497 e. The van der Waals surface area contributed by atoms with Gasteiger partial charge in [-0.05, 0) is 72.2 Å². The highest BCUT2D eigenvalue weighted by atomic mass is 16.5. The Kier molecular flexibility index (Phi) is 5.98. The molecule has 1 unspecified atom stereocenters. The highest BCUT2D eigenvalue weighted by Crippen LogP contribution is 2.51. The second-order valence-corrected chi connectivity index (χ2v) is 7.89. The van der Waals surface area contributed by atoms with Gasteiger partial charge in [0.25, 0.3) is 0 Å². The Balaban J connectivity index is 1.53. The Hall–Kier alpha value is -2.95. The Morgan fingerprint density at radius 1 is 1.00 bits per heavy atom. The molecule has 0 aliphatic heterocycles. The summed E-state index contributed by atoms with van der Waals surface area (Å²) in [4.78, 5) is 12.7. The molecule has 158 valence electrons. The molecule has 0 heterocycles. The zero-order chi connectivity index (χ0) is 21.1. The zero-order valence-electron chi connectivity index (χ0n) is 17.9. The van der Waals surface area contributed by atoms with Crippen LogP contribution in [-0.2, 0) is 11.2 Å². The van der Waals surface area contributed by atoms with Gasteiger partial charge in [-0.2, -0.15) is 0 Å². The topological polar surface area (TPSA) is 56.8 Å². The van der Waals surface area contributed by atoms with Crippen LogP contribution in [0.4, 0.5) is 0 Å². The van der Waals surface area contributed by atoms with Crippen LogP contribution in [0.15, 0.2) is 42.0 Å². The van der Waals surface area contributed by atoms with Gasteiger partial charge in [0.05, 0.1) is 27.8 Å². The molecule has 2 aromatic carbocycles. The van der Waals surface area contributed by atoms with Gasteiger partial charge in [0.2, 0.25) is 5.91 Å². The molecule has 1 N–H and O–H groups in total. The van der Waals surface area contributed by atoms with E-state index in [1.807, 2.05) is 24.3 Å². The lowest BCUT2D eigenvalue weighted by atomic mass is 9.87. The molecular weight excluding hydrogens is 378 g/mol. The average molecular weight is 408 g/mol. The molecule has 0 radical (unpaired) electrons. The number of carbonyl (C=O) groups is 1. The van der Waals surface area contributed by atoms with Crippen molar-refractivity contribution >= 4 is 11.5 Å². The van der Waals surface area contributed by atoms with Crippen molar-refractivity contribution in [2.24, 2.45) is 0 Å². The molecule has 4 rings (SSSR count). The number of carbonyl (C=O) groups excluding carboxylic acids is 1. The molecular formula is C25H29NO4. The summed E-state index contributed by atoms with van der Waals surface area (Å²) >= 11 is 0. The third-order valence-corrected chi connectivity index (χ3v) is 6.19. The molecule has 1 amide bonds. The molecule has 0 fully saturated rings. The fourth-order valence-electron chi connectivity index (χ4n) is 4.73. The minimum Gasteiger partial charge on any atom is -0.497 e. The second kappa shape index (κ2) is 8.82. The molecule has 2 aliphatic rings. The van der Waals surface area contributed by atoms with Crippen molar-refractivity contribution in [2.75, 3.05) is 27.9 Å². The first-order valence-electron chi connectivity index (χ1n) is 10.5. The van der Waals surface area contributed by atoms with Crippen molar-refractivity contribution in [1.82, 2.24) is 5.32 Å². The van der Waals surface area contributed by atoms with E-state index in [9.17, 15) is 4.79 Å². The number of ether oxygens (including phenoxy) is 3. The predicted molar refractivity (Wildman–Crippen MR) is 117 cm³/mol. The van der Waals surface area contributed by atoms with Crippen LogP contribution < -0.4 is 19.5 Å². The number of amides is 1. The molecule has 2 aliphatic carbocycles. The first kappa shape index (κ1) is 20.3. The lowest BCUT2D eigenvalue weighted by molar-refractivity contribution is -0.120. The maximum Gasteiger partial charge on any atom is 0.224 e. The van der Waals surface area contributed by atoms with Gasteiger partial charge in [-0.1, -0.05) is 17.7 Å². The van der Waals surface area contributed by atoms with E-state index in [0.29, 0.717) is 13.0 Å². The summed E-state index contributed by atoms with van der Waals surface area (Å²) in [6, 6.07) is 11.8. The minimum absolute atomic E-state index is 0.0233. The number of hydrogen-bond acceptors (Lipinski definition) is 4. The monoisotopic (exact) mass is 407 g/mol. The number of methoxy groups -OCH3 is 3. The molecule has 5 heteroatoms. The van der Waals surface area contributed by atoms with E-state index in [1.165, 1.54) is 35.1 Å². The summed E-state index contributed by atoms with van der Waals surface area (Å²) in [6.07, 6.45) is 4.93. The first-order chi connectivity index (χ1) is 14.6. The van der Waals surface area contributed by atoms with Crippen molar-refractivity contribution in [1.29, 1.82) is 0 Å². The predicted octanol–water partition coefficient (Wildman–Crippen LogP) is 4.50. The number of benzene rings is 2. The summed E-state index contributed by atoms with van der Waals surface area (Å²) in [5.41, 5.74) is 6.34. The van der Waals surface area contributed by atoms with Crippen LogP contribution in [0.25, 0.3) is 5.57 Å². The van der Waals surface area contributed by atoms with Gasteiger partial charge in [0.15, 0.2) is 11.5 Å². The Morgan fingerprint density at radius 3 is 2.53 bits per heavy atom. The molecule has 30 heavy (non-hydrogen) atoms. The normalized spacial score (nSPS) is 17.2. The van der Waals surface area contributed by atoms with Gasteiger partial charge in [-0.3, -0.25) is 4.79 Å². The van der Waals surface area contributed by atoms with Gasteiger partial charge in [0, 0.05) is 12.5 Å². The van der Waals surface area contributed by atoms with Crippen molar-refractivity contribution in [2.45, 2.75) is 38.0 Å². The van der Waals surface area contributed by atoms with Crippen molar-refractivity contribution in [3.8, 4) is 17.2 Å². The number of allylic oxidation sites excluding steroid dienone is 1. The van der Waals surface area contributed by atoms with E-state index in [0.717, 1.165) is 35.7 Å². The van der Waals surface area contributed by atoms with Gasteiger partial charge in [-0.25, -0.2) is 0 Å². The van der Waals surface area contributed by atoms with Gasteiger partial charge >= 0.3 is 0 Å². The maximum atomic E-state index is 12.7. The quantitative estimate of drug-likeness (QED) is 0.734. The van der Waals surface area contributed by atoms with E-state index in [-0.39, 0.29) is 11.8 Å². The highest BCUT2D eigenvalue weighted by molar-refractivity contribution is 5.82. The van der Waals surface area contributed by atoms with Crippen LogP contribution in [0, 0.1) is 0 Å². The molecule has 0 saturated carbocycles. The average Bonchev–Trinajstić information content (AvgIpc) is 3.09. The third kappa shape index (κ3) is 3.89. The van der Waals surface area contributed by atoms with Crippen LogP contribution in [0.5, 0.6) is 17.2 Å². The standard InChI is InChI=1S/C25H29NO4/c1-28-17-8-6-7-16(11-17)12-25(27)26-15-22-19-10-5-4-9-18(19)20-13-23(29-2)24(30-3)14-21(20)22/h6-8,11,13-14,22H,4-5,9-10,12,15H2,1-3H3,(H,26,27). The molecule has 5 nitrogen and oxygen atoms in total. The number of fused-ring (bicyclic) bond motifs is 2. The zero-order valence-corrected chi connectivity index (χ0v) is 17.9. The fourth-order valence-corrected chi connectivity index (χ4v) is 4.73. The van der Waals surface area contributed by atoms with E-state index in [4.69, 9.17) is 14.2 Å². The van der Waals surface area contributed by atoms with Crippen LogP contribution in [-0.4, -0.2) is 33.8 Å². The number of rotatable bonds is 7. The van der Waals surface area contributed by atoms with E-state index in [2.05, 4.69) is 17.4 Å². The molecule has 1 atom stereocenters. The van der Waals surface area contributed by atoms with Crippen LogP contribution in [0.1, 0.15) is 48.3 Å². The summed E-state index contributed by atoms with van der Waals surface area (Å²) < 4.78 is 16.3. The number of nitrogens with one attached hydrogen (secondary N) is 1. The van der Waals surface area contributed by atoms with Gasteiger partial charge in [-0.15, -0.1) is 0 Å². The summed E-state index contributed by atoms with van der Waals surface area (Å²) in [6.45, 7) is 0.601. The first-order valence-corrected chi connectivity index (χ1v) is 10.5. The third-order valence-electron chi connectivity index (χ3n) is 6.19. The maximum absolute atomic E-state index is 12.7. The summed E-state index contributed by atoms with van der Waals surface area (Å²) in [7, 11) is 4.97. The second-order valence-electron chi connectivity index (χ2n) is 7.89. The summed E-state index contributed by atoms with van der Waals surface area (Å²) in [5, 5.41) is 3.16. The lowest BCUT2D eigenvalue weighted by Gasteiger charge is -2.21. The molecule has 0 spiro atoms. The molecule has 0 saturated heterocycles.